The Labute approximate surface area is 198 Å². The van der Waals surface area contributed by atoms with Crippen LogP contribution in [0.5, 0.6) is 0 Å². The van der Waals surface area contributed by atoms with Gasteiger partial charge in [0.15, 0.2) is 0 Å². The highest BCUT2D eigenvalue weighted by Gasteiger charge is 2.18. The van der Waals surface area contributed by atoms with E-state index in [2.05, 4.69) is 5.32 Å². The van der Waals surface area contributed by atoms with Crippen LogP contribution in [-0.2, 0) is 17.9 Å². The fraction of sp³-hybridized carbons (Fsp3) is 0.107. The molecule has 4 rings (SSSR count). The number of benzene rings is 3. The predicted molar refractivity (Wildman–Crippen MR) is 134 cm³/mol. The number of nitrogens with zero attached hydrogens (tertiary/aromatic N) is 2. The van der Waals surface area contributed by atoms with Crippen molar-refractivity contribution < 1.29 is 9.59 Å². The number of aromatic nitrogens is 1. The van der Waals surface area contributed by atoms with Crippen molar-refractivity contribution in [1.82, 2.24) is 4.57 Å². The summed E-state index contributed by atoms with van der Waals surface area (Å²) in [6, 6.07) is 29.3. The summed E-state index contributed by atoms with van der Waals surface area (Å²) in [4.78, 5) is 39.5. The molecule has 3 aromatic carbocycles. The average molecular weight is 452 g/mol. The van der Waals surface area contributed by atoms with Crippen molar-refractivity contribution in [2.75, 3.05) is 10.2 Å². The molecule has 0 radical (unpaired) electrons. The van der Waals surface area contributed by atoms with E-state index in [9.17, 15) is 14.4 Å². The van der Waals surface area contributed by atoms with E-state index in [0.717, 1.165) is 16.8 Å². The van der Waals surface area contributed by atoms with Crippen LogP contribution >= 0.6 is 0 Å². The molecule has 0 unspecified atom stereocenters. The van der Waals surface area contributed by atoms with Crippen LogP contribution in [0.1, 0.15) is 21.5 Å². The number of hydrogen-bond donors (Lipinski definition) is 1. The summed E-state index contributed by atoms with van der Waals surface area (Å²) in [6.45, 7) is 2.22. The highest BCUT2D eigenvalue weighted by Crippen LogP contribution is 2.21. The number of rotatable bonds is 7. The maximum Gasteiger partial charge on any atom is 0.258 e. The number of carbonyl (C=O) groups is 2. The van der Waals surface area contributed by atoms with Crippen LogP contribution in [0.15, 0.2) is 108 Å². The van der Waals surface area contributed by atoms with Crippen LogP contribution in [0.2, 0.25) is 0 Å². The molecular weight excluding hydrogens is 426 g/mol. The zero-order valence-corrected chi connectivity index (χ0v) is 18.8. The third-order valence-corrected chi connectivity index (χ3v) is 5.36. The van der Waals surface area contributed by atoms with Gasteiger partial charge in [-0.05, 0) is 54.4 Å². The van der Waals surface area contributed by atoms with Crippen LogP contribution in [-0.4, -0.2) is 16.4 Å². The molecule has 170 valence electrons. The van der Waals surface area contributed by atoms with Crippen molar-refractivity contribution in [3.63, 3.8) is 0 Å². The largest absolute Gasteiger partial charge is 0.325 e. The van der Waals surface area contributed by atoms with Crippen LogP contribution in [0.25, 0.3) is 0 Å². The first-order valence-electron chi connectivity index (χ1n) is 11.0. The van der Waals surface area contributed by atoms with Crippen molar-refractivity contribution >= 4 is 23.2 Å². The van der Waals surface area contributed by atoms with Gasteiger partial charge in [0, 0.05) is 29.2 Å². The van der Waals surface area contributed by atoms with Crippen molar-refractivity contribution in [3.8, 4) is 0 Å². The van der Waals surface area contributed by atoms with Gasteiger partial charge in [-0.15, -0.1) is 0 Å². The van der Waals surface area contributed by atoms with E-state index in [1.54, 1.807) is 41.4 Å². The predicted octanol–water partition coefficient (Wildman–Crippen LogP) is 4.64. The van der Waals surface area contributed by atoms with E-state index in [1.165, 1.54) is 10.6 Å². The van der Waals surface area contributed by atoms with Crippen molar-refractivity contribution in [1.29, 1.82) is 0 Å². The summed E-state index contributed by atoms with van der Waals surface area (Å²) >= 11 is 0. The number of hydrogen-bond acceptors (Lipinski definition) is 3. The van der Waals surface area contributed by atoms with Gasteiger partial charge in [-0.3, -0.25) is 14.4 Å². The molecule has 0 saturated carbocycles. The van der Waals surface area contributed by atoms with E-state index in [4.69, 9.17) is 0 Å². The summed E-state index contributed by atoms with van der Waals surface area (Å²) in [5.74, 6) is -0.457. The van der Waals surface area contributed by atoms with Gasteiger partial charge in [0.2, 0.25) is 5.91 Å². The van der Waals surface area contributed by atoms with Crippen LogP contribution in [0.4, 0.5) is 11.4 Å². The molecule has 6 heteroatoms. The molecule has 0 aliphatic rings. The van der Waals surface area contributed by atoms with Crippen LogP contribution < -0.4 is 15.8 Å². The Kier molecular flexibility index (Phi) is 6.98. The average Bonchev–Trinajstić information content (AvgIpc) is 2.86. The van der Waals surface area contributed by atoms with Gasteiger partial charge in [-0.1, -0.05) is 54.6 Å². The zero-order valence-electron chi connectivity index (χ0n) is 18.8. The summed E-state index contributed by atoms with van der Waals surface area (Å²) in [5.41, 5.74) is 3.55. The molecule has 0 saturated heterocycles. The van der Waals surface area contributed by atoms with Crippen molar-refractivity contribution in [3.05, 3.63) is 130 Å². The van der Waals surface area contributed by atoms with Crippen LogP contribution in [0, 0.1) is 6.92 Å². The van der Waals surface area contributed by atoms with Gasteiger partial charge in [0.25, 0.3) is 11.5 Å². The Morgan fingerprint density at radius 1 is 0.824 bits per heavy atom. The SMILES string of the molecule is Cc1ccc(=O)n(CC(=O)Nc2ccc(C(=O)N(Cc3ccccc3)c3ccccc3)cc2)c1. The molecule has 1 aromatic heterocycles. The molecule has 2 amide bonds. The zero-order chi connectivity index (χ0) is 23.9. The Bertz CT molecular complexity index is 1330. The number of aryl methyl sites for hydroxylation is 1. The molecule has 0 aliphatic carbocycles. The van der Waals surface area contributed by atoms with Gasteiger partial charge < -0.3 is 14.8 Å². The maximum atomic E-state index is 13.4. The first-order valence-corrected chi connectivity index (χ1v) is 11.0. The molecule has 4 aromatic rings. The van der Waals surface area contributed by atoms with Crippen LogP contribution in [0.3, 0.4) is 0 Å². The molecule has 0 bridgehead atoms. The van der Waals surface area contributed by atoms with Gasteiger partial charge in [-0.25, -0.2) is 0 Å². The first kappa shape index (κ1) is 22.7. The Morgan fingerprint density at radius 3 is 2.15 bits per heavy atom. The third kappa shape index (κ3) is 5.66. The molecule has 0 spiro atoms. The molecular formula is C28H25N3O3. The Hall–Kier alpha value is -4.45. The minimum atomic E-state index is -0.318. The summed E-state index contributed by atoms with van der Waals surface area (Å²) < 4.78 is 1.36. The second kappa shape index (κ2) is 10.4. The molecule has 6 nitrogen and oxygen atoms in total. The fourth-order valence-electron chi connectivity index (χ4n) is 3.64. The van der Waals surface area contributed by atoms with E-state index >= 15 is 0 Å². The summed E-state index contributed by atoms with van der Waals surface area (Å²) in [5, 5.41) is 2.78. The number of amides is 2. The normalized spacial score (nSPS) is 10.5. The lowest BCUT2D eigenvalue weighted by Crippen LogP contribution is -2.30. The molecule has 1 heterocycles. The second-order valence-electron chi connectivity index (χ2n) is 8.01. The molecule has 34 heavy (non-hydrogen) atoms. The van der Waals surface area contributed by atoms with Gasteiger partial charge in [0.05, 0.1) is 6.54 Å². The minimum Gasteiger partial charge on any atom is -0.325 e. The number of pyridine rings is 1. The summed E-state index contributed by atoms with van der Waals surface area (Å²) in [7, 11) is 0. The Morgan fingerprint density at radius 2 is 1.47 bits per heavy atom. The molecule has 0 fully saturated rings. The van der Waals surface area contributed by atoms with Crippen molar-refractivity contribution in [2.45, 2.75) is 20.0 Å². The van der Waals surface area contributed by atoms with Gasteiger partial charge in [-0.2, -0.15) is 0 Å². The minimum absolute atomic E-state index is 0.0833. The van der Waals surface area contributed by atoms with Gasteiger partial charge in [0.1, 0.15) is 6.54 Å². The maximum absolute atomic E-state index is 13.4. The quantitative estimate of drug-likeness (QED) is 0.445. The van der Waals surface area contributed by atoms with Crippen molar-refractivity contribution in [2.24, 2.45) is 0 Å². The number of carbonyl (C=O) groups excluding carboxylic acids is 2. The lowest BCUT2D eigenvalue weighted by molar-refractivity contribution is -0.116. The highest BCUT2D eigenvalue weighted by molar-refractivity contribution is 6.06. The second-order valence-corrected chi connectivity index (χ2v) is 8.01. The lowest BCUT2D eigenvalue weighted by Gasteiger charge is -2.23. The number of anilines is 2. The van der Waals surface area contributed by atoms with Gasteiger partial charge >= 0.3 is 0 Å². The summed E-state index contributed by atoms with van der Waals surface area (Å²) in [6.07, 6.45) is 1.65. The number of nitrogens with one attached hydrogen (secondary N) is 1. The topological polar surface area (TPSA) is 71.4 Å². The lowest BCUT2D eigenvalue weighted by atomic mass is 10.1. The number of para-hydroxylation sites is 1. The molecule has 0 aliphatic heterocycles. The first-order chi connectivity index (χ1) is 16.5. The molecule has 1 N–H and O–H groups in total. The van der Waals surface area contributed by atoms with E-state index < -0.39 is 0 Å². The third-order valence-electron chi connectivity index (χ3n) is 5.36. The van der Waals surface area contributed by atoms with E-state index in [-0.39, 0.29) is 23.9 Å². The fourth-order valence-corrected chi connectivity index (χ4v) is 3.64. The smallest absolute Gasteiger partial charge is 0.258 e. The highest BCUT2D eigenvalue weighted by atomic mass is 16.2. The monoisotopic (exact) mass is 451 g/mol. The molecule has 0 atom stereocenters. The standard InChI is InChI=1S/C28H25N3O3/c1-21-12-17-27(33)30(18-21)20-26(32)29-24-15-13-23(14-16-24)28(34)31(25-10-6-3-7-11-25)19-22-8-4-2-5-9-22/h2-18H,19-20H2,1H3,(H,29,32). The van der Waals surface area contributed by atoms with E-state index in [0.29, 0.717) is 17.8 Å². The van der Waals surface area contributed by atoms with E-state index in [1.807, 2.05) is 67.6 Å². The Balaban J connectivity index is 1.48.